The molecule has 0 spiro atoms. The van der Waals surface area contributed by atoms with Crippen molar-refractivity contribution >= 4 is 33.9 Å². The first-order valence-corrected chi connectivity index (χ1v) is 11.3. The maximum absolute atomic E-state index is 13.2. The fourth-order valence-electron chi connectivity index (χ4n) is 4.03. The molecule has 1 fully saturated rings. The quantitative estimate of drug-likeness (QED) is 0.472. The van der Waals surface area contributed by atoms with Gasteiger partial charge in [0.15, 0.2) is 0 Å². The lowest BCUT2D eigenvalue weighted by Gasteiger charge is -2.26. The van der Waals surface area contributed by atoms with E-state index in [9.17, 15) is 9.59 Å². The Morgan fingerprint density at radius 3 is 2.59 bits per heavy atom. The fraction of sp³-hybridized carbons (Fsp3) is 0.333. The van der Waals surface area contributed by atoms with Gasteiger partial charge in [0.05, 0.1) is 41.5 Å². The summed E-state index contributed by atoms with van der Waals surface area (Å²) in [6, 6.07) is 11.3. The van der Waals surface area contributed by atoms with Crippen LogP contribution in [0.1, 0.15) is 0 Å². The molecule has 1 aliphatic rings. The summed E-state index contributed by atoms with van der Waals surface area (Å²) in [6.45, 7) is 4.62. The van der Waals surface area contributed by atoms with Gasteiger partial charge in [0.1, 0.15) is 0 Å². The first-order valence-electron chi connectivity index (χ1n) is 11.3. The third kappa shape index (κ3) is 4.50. The molecule has 5 rings (SSSR count). The number of hydrogen-bond donors (Lipinski definition) is 2. The van der Waals surface area contributed by atoms with Crippen molar-refractivity contribution in [1.29, 1.82) is 0 Å². The molecule has 2 N–H and O–H groups in total. The molecule has 176 valence electrons. The normalized spacial score (nSPS) is 14.5. The topological polar surface area (TPSA) is 108 Å². The van der Waals surface area contributed by atoms with E-state index in [4.69, 9.17) is 4.74 Å². The van der Waals surface area contributed by atoms with Crippen LogP contribution < -0.4 is 10.9 Å². The van der Waals surface area contributed by atoms with E-state index in [0.29, 0.717) is 23.4 Å². The zero-order chi connectivity index (χ0) is 23.7. The first kappa shape index (κ1) is 22.1. The number of aromatic nitrogens is 4. The van der Waals surface area contributed by atoms with Crippen molar-refractivity contribution in [3.05, 3.63) is 53.1 Å². The Bertz CT molecular complexity index is 1400. The van der Waals surface area contributed by atoms with Crippen molar-refractivity contribution in [3.8, 4) is 11.1 Å². The number of imidazole rings is 1. The molecule has 0 atom stereocenters. The number of fused-ring (bicyclic) bond motifs is 2. The number of nitrogens with zero attached hydrogens (tertiary/aromatic N) is 5. The number of carbonyl (C=O) groups excluding carboxylic acids is 1. The largest absolute Gasteiger partial charge is 0.379 e. The van der Waals surface area contributed by atoms with Gasteiger partial charge in [-0.05, 0) is 35.4 Å². The van der Waals surface area contributed by atoms with E-state index in [-0.39, 0.29) is 11.6 Å². The van der Waals surface area contributed by atoms with E-state index in [1.165, 1.54) is 4.90 Å². The molecule has 1 saturated heterocycles. The summed E-state index contributed by atoms with van der Waals surface area (Å²) in [7, 11) is 3.34. The number of amides is 2. The van der Waals surface area contributed by atoms with Gasteiger partial charge in [0.25, 0.3) is 5.56 Å². The molecule has 2 aromatic heterocycles. The molecule has 10 nitrogen and oxygen atoms in total. The van der Waals surface area contributed by atoms with Gasteiger partial charge in [-0.25, -0.2) is 14.8 Å². The minimum absolute atomic E-state index is 0.0450. The second kappa shape index (κ2) is 9.24. The summed E-state index contributed by atoms with van der Waals surface area (Å²) >= 11 is 0. The lowest BCUT2D eigenvalue weighted by atomic mass is 10.0. The van der Waals surface area contributed by atoms with Crippen LogP contribution in [0.25, 0.3) is 33.1 Å². The number of benzene rings is 2. The molecule has 34 heavy (non-hydrogen) atoms. The van der Waals surface area contributed by atoms with Gasteiger partial charge in [0.2, 0.25) is 5.95 Å². The minimum Gasteiger partial charge on any atom is -0.379 e. The SMILES string of the molecule is CN(C)C(=O)Nc1nc2ccc(-c3ccc4ncn(CCN5CCOCC5)c(=O)c4c3)cc2[nH]1. The zero-order valence-corrected chi connectivity index (χ0v) is 19.2. The van der Waals surface area contributed by atoms with Gasteiger partial charge in [-0.1, -0.05) is 12.1 Å². The van der Waals surface area contributed by atoms with E-state index in [0.717, 1.165) is 55.0 Å². The van der Waals surface area contributed by atoms with Crippen molar-refractivity contribution in [3.63, 3.8) is 0 Å². The second-order valence-corrected chi connectivity index (χ2v) is 8.57. The molecule has 0 unspecified atom stereocenters. The molecular weight excluding hydrogens is 434 g/mol. The lowest BCUT2D eigenvalue weighted by Crippen LogP contribution is -2.39. The molecule has 2 aromatic carbocycles. The van der Waals surface area contributed by atoms with Crippen LogP contribution >= 0.6 is 0 Å². The molecule has 1 aliphatic heterocycles. The van der Waals surface area contributed by atoms with Crippen LogP contribution in [0.15, 0.2) is 47.5 Å². The molecule has 0 radical (unpaired) electrons. The molecule has 0 aliphatic carbocycles. The number of anilines is 1. The third-order valence-corrected chi connectivity index (χ3v) is 6.03. The van der Waals surface area contributed by atoms with Crippen LogP contribution in [0.5, 0.6) is 0 Å². The molecular formula is C24H27N7O3. The number of nitrogens with one attached hydrogen (secondary N) is 2. The van der Waals surface area contributed by atoms with Gasteiger partial charge >= 0.3 is 6.03 Å². The third-order valence-electron chi connectivity index (χ3n) is 6.03. The number of urea groups is 1. The summed E-state index contributed by atoms with van der Waals surface area (Å²) in [5, 5.41) is 3.31. The fourth-order valence-corrected chi connectivity index (χ4v) is 4.03. The average Bonchev–Trinajstić information content (AvgIpc) is 3.25. The molecule has 10 heteroatoms. The molecule has 2 amide bonds. The highest BCUT2D eigenvalue weighted by atomic mass is 16.5. The smallest absolute Gasteiger partial charge is 0.323 e. The Labute approximate surface area is 196 Å². The van der Waals surface area contributed by atoms with E-state index in [1.54, 1.807) is 25.0 Å². The Morgan fingerprint density at radius 2 is 1.82 bits per heavy atom. The van der Waals surface area contributed by atoms with Gasteiger partial charge in [-0.3, -0.25) is 19.6 Å². The number of rotatable bonds is 5. The standard InChI is InChI=1S/C24H27N7O3/c1-29(2)24(33)28-23-26-20-6-4-17(14-21(20)27-23)16-3-5-19-18(13-16)22(32)31(15-25-19)8-7-30-9-11-34-12-10-30/h3-6,13-15H,7-12H2,1-2H3,(H2,26,27,28,33). The van der Waals surface area contributed by atoms with Crippen molar-refractivity contribution in [2.45, 2.75) is 6.54 Å². The van der Waals surface area contributed by atoms with Crippen molar-refractivity contribution in [1.82, 2.24) is 29.3 Å². The Morgan fingerprint density at radius 1 is 1.09 bits per heavy atom. The highest BCUT2D eigenvalue weighted by Gasteiger charge is 2.13. The van der Waals surface area contributed by atoms with Gasteiger partial charge in [0, 0.05) is 40.3 Å². The monoisotopic (exact) mass is 461 g/mol. The van der Waals surface area contributed by atoms with Gasteiger partial charge in [-0.2, -0.15) is 0 Å². The summed E-state index contributed by atoms with van der Waals surface area (Å²) in [4.78, 5) is 40.9. The maximum atomic E-state index is 13.2. The predicted octanol–water partition coefficient (Wildman–Crippen LogP) is 2.37. The summed E-state index contributed by atoms with van der Waals surface area (Å²) < 4.78 is 7.07. The highest BCUT2D eigenvalue weighted by molar-refractivity contribution is 5.91. The average molecular weight is 462 g/mol. The number of carbonyl (C=O) groups is 1. The number of H-pyrrole nitrogens is 1. The Balaban J connectivity index is 1.42. The highest BCUT2D eigenvalue weighted by Crippen LogP contribution is 2.26. The Hall–Kier alpha value is -3.76. The number of morpholine rings is 1. The maximum Gasteiger partial charge on any atom is 0.323 e. The summed E-state index contributed by atoms with van der Waals surface area (Å²) in [5.41, 5.74) is 4.01. The number of ether oxygens (including phenoxy) is 1. The van der Waals surface area contributed by atoms with Crippen LogP contribution in [0, 0.1) is 0 Å². The first-order chi connectivity index (χ1) is 16.5. The van der Waals surface area contributed by atoms with Crippen molar-refractivity contribution < 1.29 is 9.53 Å². The van der Waals surface area contributed by atoms with E-state index >= 15 is 0 Å². The van der Waals surface area contributed by atoms with Crippen LogP contribution in [0.2, 0.25) is 0 Å². The molecule has 4 aromatic rings. The lowest BCUT2D eigenvalue weighted by molar-refractivity contribution is 0.0362. The van der Waals surface area contributed by atoms with Gasteiger partial charge in [-0.15, -0.1) is 0 Å². The zero-order valence-electron chi connectivity index (χ0n) is 19.2. The summed E-state index contributed by atoms with van der Waals surface area (Å²) in [6.07, 6.45) is 1.63. The minimum atomic E-state index is -0.258. The Kier molecular flexibility index (Phi) is 5.99. The number of hydrogen-bond acceptors (Lipinski definition) is 6. The van der Waals surface area contributed by atoms with E-state index < -0.39 is 0 Å². The van der Waals surface area contributed by atoms with Crippen LogP contribution in [-0.4, -0.2) is 82.3 Å². The van der Waals surface area contributed by atoms with Crippen LogP contribution in [0.3, 0.4) is 0 Å². The summed E-state index contributed by atoms with van der Waals surface area (Å²) in [5.74, 6) is 0.386. The van der Waals surface area contributed by atoms with Gasteiger partial charge < -0.3 is 14.6 Å². The predicted molar refractivity (Wildman–Crippen MR) is 131 cm³/mol. The van der Waals surface area contributed by atoms with E-state index in [1.807, 2.05) is 36.4 Å². The molecule has 0 saturated carbocycles. The van der Waals surface area contributed by atoms with Crippen molar-refractivity contribution in [2.24, 2.45) is 0 Å². The second-order valence-electron chi connectivity index (χ2n) is 8.57. The van der Waals surface area contributed by atoms with Crippen molar-refractivity contribution in [2.75, 3.05) is 52.3 Å². The van der Waals surface area contributed by atoms with E-state index in [2.05, 4.69) is 25.2 Å². The number of aromatic amines is 1. The molecule has 3 heterocycles. The molecule has 0 bridgehead atoms. The van der Waals surface area contributed by atoms with Crippen LogP contribution in [-0.2, 0) is 11.3 Å². The van der Waals surface area contributed by atoms with Crippen LogP contribution in [0.4, 0.5) is 10.7 Å².